The van der Waals surface area contributed by atoms with Gasteiger partial charge in [0, 0.05) is 17.3 Å². The fourth-order valence-electron chi connectivity index (χ4n) is 2.18. The van der Waals surface area contributed by atoms with Crippen molar-refractivity contribution in [3.63, 3.8) is 0 Å². The monoisotopic (exact) mass is 219 g/mol. The molecule has 4 heteroatoms. The highest BCUT2D eigenvalue weighted by molar-refractivity contribution is 5.87. The molecule has 1 saturated carbocycles. The van der Waals surface area contributed by atoms with Crippen LogP contribution >= 0.6 is 0 Å². The topological polar surface area (TPSA) is 60.2 Å². The van der Waals surface area contributed by atoms with Crippen molar-refractivity contribution >= 4 is 5.78 Å². The molecule has 1 fully saturated rings. The molecule has 0 heterocycles. The molecule has 1 aromatic carbocycles. The number of carbonyl (C=O) groups excluding carboxylic acids is 1. The highest BCUT2D eigenvalue weighted by atomic mass is 16.6. The van der Waals surface area contributed by atoms with Crippen LogP contribution in [0.2, 0.25) is 0 Å². The molecule has 0 aromatic heterocycles. The summed E-state index contributed by atoms with van der Waals surface area (Å²) in [6, 6.07) is 9.30. The zero-order valence-corrected chi connectivity index (χ0v) is 8.83. The van der Waals surface area contributed by atoms with Crippen molar-refractivity contribution in [1.29, 1.82) is 0 Å². The van der Waals surface area contributed by atoms with Gasteiger partial charge in [0.1, 0.15) is 5.78 Å². The Kier molecular flexibility index (Phi) is 2.99. The molecule has 84 valence electrons. The SMILES string of the molecule is O=C1CC[C@H]1[C@@H](C[N+](=O)[O-])c1ccccc1. The van der Waals surface area contributed by atoms with Gasteiger partial charge in [0.25, 0.3) is 0 Å². The quantitative estimate of drug-likeness (QED) is 0.575. The van der Waals surface area contributed by atoms with Crippen LogP contribution in [0.25, 0.3) is 0 Å². The molecule has 0 amide bonds. The fraction of sp³-hybridized carbons (Fsp3) is 0.417. The van der Waals surface area contributed by atoms with Gasteiger partial charge in [-0.3, -0.25) is 14.9 Å². The molecule has 0 saturated heterocycles. The van der Waals surface area contributed by atoms with Crippen LogP contribution in [0, 0.1) is 16.0 Å². The number of nitrogens with zero attached hydrogens (tertiary/aromatic N) is 1. The third-order valence-electron chi connectivity index (χ3n) is 3.17. The van der Waals surface area contributed by atoms with Crippen molar-refractivity contribution in [1.82, 2.24) is 0 Å². The van der Waals surface area contributed by atoms with Crippen molar-refractivity contribution in [2.45, 2.75) is 18.8 Å². The smallest absolute Gasteiger partial charge is 0.211 e. The second-order valence-electron chi connectivity index (χ2n) is 4.14. The zero-order valence-electron chi connectivity index (χ0n) is 8.83. The Morgan fingerprint density at radius 3 is 2.50 bits per heavy atom. The second kappa shape index (κ2) is 4.43. The van der Waals surface area contributed by atoms with Crippen molar-refractivity contribution < 1.29 is 9.72 Å². The minimum Gasteiger partial charge on any atom is -0.299 e. The largest absolute Gasteiger partial charge is 0.299 e. The lowest BCUT2D eigenvalue weighted by atomic mass is 9.72. The summed E-state index contributed by atoms with van der Waals surface area (Å²) >= 11 is 0. The maximum atomic E-state index is 11.4. The van der Waals surface area contributed by atoms with E-state index in [2.05, 4.69) is 0 Å². The number of carbonyl (C=O) groups is 1. The molecule has 0 N–H and O–H groups in total. The Balaban J connectivity index is 2.21. The summed E-state index contributed by atoms with van der Waals surface area (Å²) in [6.45, 7) is -0.152. The lowest BCUT2D eigenvalue weighted by Crippen LogP contribution is -2.34. The lowest BCUT2D eigenvalue weighted by Gasteiger charge is -2.30. The van der Waals surface area contributed by atoms with E-state index in [-0.39, 0.29) is 29.1 Å². The van der Waals surface area contributed by atoms with E-state index in [1.165, 1.54) is 0 Å². The molecule has 0 spiro atoms. The standard InChI is InChI=1S/C12H13NO3/c14-12-7-6-10(12)11(8-13(15)16)9-4-2-1-3-5-9/h1-5,10-11H,6-8H2/t10-,11-/m0/s1. The van der Waals surface area contributed by atoms with E-state index in [0.717, 1.165) is 12.0 Å². The third kappa shape index (κ3) is 2.10. The van der Waals surface area contributed by atoms with Crippen LogP contribution in [-0.4, -0.2) is 17.3 Å². The van der Waals surface area contributed by atoms with Gasteiger partial charge in [-0.05, 0) is 12.0 Å². The van der Waals surface area contributed by atoms with Crippen LogP contribution in [0.15, 0.2) is 30.3 Å². The second-order valence-corrected chi connectivity index (χ2v) is 4.14. The summed E-state index contributed by atoms with van der Waals surface area (Å²) in [4.78, 5) is 21.7. The predicted molar refractivity (Wildman–Crippen MR) is 58.8 cm³/mol. The number of hydrogen-bond acceptors (Lipinski definition) is 3. The van der Waals surface area contributed by atoms with Gasteiger partial charge in [0.15, 0.2) is 0 Å². The molecule has 2 atom stereocenters. The molecule has 1 aliphatic rings. The maximum Gasteiger partial charge on any atom is 0.211 e. The Morgan fingerprint density at radius 2 is 2.06 bits per heavy atom. The molecule has 2 rings (SSSR count). The number of Topliss-reactive ketones (excluding diaryl/α,β-unsaturated/α-hetero) is 1. The molecule has 4 nitrogen and oxygen atoms in total. The van der Waals surface area contributed by atoms with E-state index >= 15 is 0 Å². The molecule has 1 aromatic rings. The zero-order chi connectivity index (χ0) is 11.5. The minimum atomic E-state index is -0.330. The van der Waals surface area contributed by atoms with E-state index in [1.54, 1.807) is 0 Å². The van der Waals surface area contributed by atoms with Crippen molar-refractivity contribution in [2.75, 3.05) is 6.54 Å². The summed E-state index contributed by atoms with van der Waals surface area (Å²) in [6.07, 6.45) is 1.36. The van der Waals surface area contributed by atoms with E-state index in [0.29, 0.717) is 6.42 Å². The highest BCUT2D eigenvalue weighted by Crippen LogP contribution is 2.36. The van der Waals surface area contributed by atoms with Gasteiger partial charge in [-0.1, -0.05) is 30.3 Å². The average molecular weight is 219 g/mol. The van der Waals surface area contributed by atoms with E-state index < -0.39 is 0 Å². The van der Waals surface area contributed by atoms with Crippen molar-refractivity contribution in [3.8, 4) is 0 Å². The lowest BCUT2D eigenvalue weighted by molar-refractivity contribution is -0.484. The maximum absolute atomic E-state index is 11.4. The number of nitro groups is 1. The van der Waals surface area contributed by atoms with Gasteiger partial charge in [0.2, 0.25) is 6.54 Å². The Bertz CT molecular complexity index is 402. The van der Waals surface area contributed by atoms with Crippen molar-refractivity contribution in [3.05, 3.63) is 46.0 Å². The van der Waals surface area contributed by atoms with E-state index in [9.17, 15) is 14.9 Å². The number of benzene rings is 1. The van der Waals surface area contributed by atoms with Crippen molar-refractivity contribution in [2.24, 2.45) is 5.92 Å². The van der Waals surface area contributed by atoms with Gasteiger partial charge in [-0.2, -0.15) is 0 Å². The van der Waals surface area contributed by atoms with Gasteiger partial charge < -0.3 is 0 Å². The van der Waals surface area contributed by atoms with Crippen LogP contribution in [0.5, 0.6) is 0 Å². The Hall–Kier alpha value is -1.71. The minimum absolute atomic E-state index is 0.146. The molecule has 0 aliphatic heterocycles. The third-order valence-corrected chi connectivity index (χ3v) is 3.17. The first-order valence-corrected chi connectivity index (χ1v) is 5.38. The first kappa shape index (κ1) is 10.8. The van der Waals surface area contributed by atoms with Gasteiger partial charge in [-0.15, -0.1) is 0 Å². The van der Waals surface area contributed by atoms with Crippen LogP contribution in [0.3, 0.4) is 0 Å². The van der Waals surface area contributed by atoms with Crippen LogP contribution in [-0.2, 0) is 4.79 Å². The Labute approximate surface area is 93.4 Å². The van der Waals surface area contributed by atoms with Gasteiger partial charge in [-0.25, -0.2) is 0 Å². The summed E-state index contributed by atoms with van der Waals surface area (Å²) in [5, 5.41) is 10.6. The molecule has 0 radical (unpaired) electrons. The first-order valence-electron chi connectivity index (χ1n) is 5.38. The molecule has 16 heavy (non-hydrogen) atoms. The van der Waals surface area contributed by atoms with Gasteiger partial charge >= 0.3 is 0 Å². The fourth-order valence-corrected chi connectivity index (χ4v) is 2.18. The molecule has 0 unspecified atom stereocenters. The number of rotatable bonds is 4. The summed E-state index contributed by atoms with van der Waals surface area (Å²) < 4.78 is 0. The molecule has 1 aliphatic carbocycles. The summed E-state index contributed by atoms with van der Waals surface area (Å²) in [7, 11) is 0. The number of hydrogen-bond donors (Lipinski definition) is 0. The van der Waals surface area contributed by atoms with Crippen LogP contribution in [0.1, 0.15) is 24.3 Å². The normalized spacial score (nSPS) is 21.2. The average Bonchev–Trinajstić information content (AvgIpc) is 2.27. The molecular weight excluding hydrogens is 206 g/mol. The van der Waals surface area contributed by atoms with Crippen LogP contribution in [0.4, 0.5) is 0 Å². The predicted octanol–water partition coefficient (Wildman–Crippen LogP) is 2.03. The van der Waals surface area contributed by atoms with E-state index in [1.807, 2.05) is 30.3 Å². The summed E-state index contributed by atoms with van der Waals surface area (Å²) in [5.74, 6) is -0.235. The summed E-state index contributed by atoms with van der Waals surface area (Å²) in [5.41, 5.74) is 0.900. The highest BCUT2D eigenvalue weighted by Gasteiger charge is 2.38. The molecule has 0 bridgehead atoms. The Morgan fingerprint density at radius 1 is 1.38 bits per heavy atom. The first-order chi connectivity index (χ1) is 7.68. The van der Waals surface area contributed by atoms with E-state index in [4.69, 9.17) is 0 Å². The van der Waals surface area contributed by atoms with Crippen LogP contribution < -0.4 is 0 Å². The molecular formula is C12H13NO3. The van der Waals surface area contributed by atoms with Gasteiger partial charge in [0.05, 0.1) is 5.92 Å². The number of ketones is 1.